The minimum atomic E-state index is -5.01. The lowest BCUT2D eigenvalue weighted by Gasteiger charge is -2.38. The number of unbranched alkanes of at least 4 members (excludes halogenated alkanes) is 10. The van der Waals surface area contributed by atoms with Crippen LogP contribution in [0.15, 0.2) is 48.5 Å². The number of aliphatic hydroxyl groups is 1. The molecular weight excluding hydrogens is 683 g/mol. The molecule has 4 unspecified atom stereocenters. The number of aliphatic hydroxyl groups excluding tert-OH is 1. The lowest BCUT2D eigenvalue weighted by atomic mass is 9.99. The average molecular weight is 746 g/mol. The summed E-state index contributed by atoms with van der Waals surface area (Å²) in [4.78, 5) is 27.9. The largest absolute Gasteiger partial charge is 0.471 e. The van der Waals surface area contributed by atoms with Gasteiger partial charge < -0.3 is 29.7 Å². The van der Waals surface area contributed by atoms with Gasteiger partial charge in [-0.15, -0.1) is 0 Å². The predicted octanol–water partition coefficient (Wildman–Crippen LogP) is 8.92. The summed E-state index contributed by atoms with van der Waals surface area (Å²) in [7, 11) is 0. The fourth-order valence-electron chi connectivity index (χ4n) is 7.39. The topological polar surface area (TPSA) is 91.3 Å². The number of rotatable bonds is 22. The lowest BCUT2D eigenvalue weighted by Crippen LogP contribution is -2.50. The normalized spacial score (nSPS) is 20.6. The number of ether oxygens (including phenoxy) is 2. The van der Waals surface area contributed by atoms with Gasteiger partial charge in [0.25, 0.3) is 0 Å². The van der Waals surface area contributed by atoms with E-state index >= 15 is 0 Å². The number of alkyl halides is 3. The maximum Gasteiger partial charge on any atom is 0.471 e. The molecule has 0 aliphatic carbocycles. The van der Waals surface area contributed by atoms with E-state index in [1.165, 1.54) is 77.0 Å². The summed E-state index contributed by atoms with van der Waals surface area (Å²) in [5.41, 5.74) is 3.47. The number of benzene rings is 2. The van der Waals surface area contributed by atoms with E-state index in [-0.39, 0.29) is 38.3 Å². The second-order valence-electron chi connectivity index (χ2n) is 14.8. The van der Waals surface area contributed by atoms with Crippen LogP contribution in [0.1, 0.15) is 145 Å². The fraction of sp³-hybridized carbons (Fsp3) is 0.667. The number of carbonyl (C=O) groups excluding carboxylic acids is 2. The minimum Gasteiger partial charge on any atom is -0.392 e. The highest BCUT2D eigenvalue weighted by Gasteiger charge is 2.47. The highest BCUT2D eigenvalue weighted by atomic mass is 19.4. The molecule has 2 saturated heterocycles. The third kappa shape index (κ3) is 14.0. The molecule has 296 valence electrons. The van der Waals surface area contributed by atoms with Gasteiger partial charge in [0.05, 0.1) is 18.8 Å². The molecule has 0 saturated carbocycles. The van der Waals surface area contributed by atoms with Gasteiger partial charge in [0.1, 0.15) is 6.04 Å². The number of nitrogens with zero attached hydrogens (tertiary/aromatic N) is 2. The zero-order valence-corrected chi connectivity index (χ0v) is 31.9. The van der Waals surface area contributed by atoms with Gasteiger partial charge in [-0.05, 0) is 55.5 Å². The summed E-state index contributed by atoms with van der Waals surface area (Å²) < 4.78 is 52.4. The number of halogens is 3. The maximum atomic E-state index is 13.1. The number of amides is 2. The van der Waals surface area contributed by atoms with Crippen molar-refractivity contribution in [2.75, 3.05) is 26.2 Å². The first-order chi connectivity index (χ1) is 25.6. The Kier molecular flexibility index (Phi) is 18.1. The van der Waals surface area contributed by atoms with Crippen molar-refractivity contribution >= 4 is 11.8 Å². The molecule has 11 heteroatoms. The highest BCUT2D eigenvalue weighted by Crippen LogP contribution is 2.38. The third-order valence-corrected chi connectivity index (χ3v) is 10.5. The standard InChI is InChI=1S/C42H62F3N3O5/c1-3-5-7-9-11-13-25-47(26-14-12-10-8-6-4-2)30-36-28-38(34-21-19-33(31-49)20-22-34)53-40(52-36)35-23-17-32(18-24-35)29-46-39(50)37-16-15-27-48(37)41(51)42(43,44)45/h17-24,36-38,40,49H,3-16,25-31H2,1-2H3,(H,46,50). The molecule has 2 N–H and O–H groups in total. The van der Waals surface area contributed by atoms with Gasteiger partial charge in [-0.1, -0.05) is 127 Å². The molecule has 4 rings (SSSR count). The summed E-state index contributed by atoms with van der Waals surface area (Å²) in [5.74, 6) is -2.56. The van der Waals surface area contributed by atoms with Crippen molar-refractivity contribution in [1.82, 2.24) is 15.1 Å². The van der Waals surface area contributed by atoms with Gasteiger partial charge in [-0.25, -0.2) is 0 Å². The Balaban J connectivity index is 1.42. The van der Waals surface area contributed by atoms with Crippen molar-refractivity contribution in [3.05, 3.63) is 70.8 Å². The predicted molar refractivity (Wildman–Crippen MR) is 201 cm³/mol. The van der Waals surface area contributed by atoms with Crippen LogP contribution in [0, 0.1) is 0 Å². The molecule has 2 aromatic rings. The Hall–Kier alpha value is -2.99. The molecular formula is C42H62F3N3O5. The Morgan fingerprint density at radius 2 is 1.38 bits per heavy atom. The van der Waals surface area contributed by atoms with Crippen molar-refractivity contribution in [2.24, 2.45) is 0 Å². The van der Waals surface area contributed by atoms with Gasteiger partial charge >= 0.3 is 12.1 Å². The second kappa shape index (κ2) is 22.4. The lowest BCUT2D eigenvalue weighted by molar-refractivity contribution is -0.253. The molecule has 53 heavy (non-hydrogen) atoms. The Bertz CT molecular complexity index is 1340. The van der Waals surface area contributed by atoms with Crippen LogP contribution in [0.3, 0.4) is 0 Å². The number of likely N-dealkylation sites (tertiary alicyclic amines) is 1. The number of hydrogen-bond acceptors (Lipinski definition) is 6. The second-order valence-corrected chi connectivity index (χ2v) is 14.8. The van der Waals surface area contributed by atoms with Gasteiger partial charge in [-0.3, -0.25) is 9.59 Å². The van der Waals surface area contributed by atoms with Crippen LogP contribution in [0.25, 0.3) is 0 Å². The van der Waals surface area contributed by atoms with Crippen LogP contribution in [0.5, 0.6) is 0 Å². The van der Waals surface area contributed by atoms with E-state index in [4.69, 9.17) is 9.47 Å². The van der Waals surface area contributed by atoms with Crippen molar-refractivity contribution in [1.29, 1.82) is 0 Å². The van der Waals surface area contributed by atoms with Crippen LogP contribution in [-0.4, -0.2) is 71.2 Å². The Labute approximate surface area is 314 Å². The molecule has 0 aromatic heterocycles. The summed E-state index contributed by atoms with van der Waals surface area (Å²) in [6, 6.07) is 14.3. The first-order valence-corrected chi connectivity index (χ1v) is 20.1. The van der Waals surface area contributed by atoms with E-state index in [1.54, 1.807) is 0 Å². The summed E-state index contributed by atoms with van der Waals surface area (Å²) >= 11 is 0. The minimum absolute atomic E-state index is 0.0244. The summed E-state index contributed by atoms with van der Waals surface area (Å²) in [6.07, 6.45) is 10.4. The van der Waals surface area contributed by atoms with E-state index in [9.17, 15) is 27.9 Å². The number of carbonyl (C=O) groups is 2. The smallest absolute Gasteiger partial charge is 0.392 e. The highest BCUT2D eigenvalue weighted by molar-refractivity contribution is 5.90. The quantitative estimate of drug-likeness (QED) is 0.117. The molecule has 2 fully saturated rings. The molecule has 2 aliphatic heterocycles. The number of hydrogen-bond donors (Lipinski definition) is 2. The maximum absolute atomic E-state index is 13.1. The molecule has 8 nitrogen and oxygen atoms in total. The molecule has 4 atom stereocenters. The van der Waals surface area contributed by atoms with Crippen LogP contribution in [0.2, 0.25) is 0 Å². The molecule has 0 spiro atoms. The Morgan fingerprint density at radius 3 is 1.96 bits per heavy atom. The molecule has 2 heterocycles. The van der Waals surface area contributed by atoms with Crippen molar-refractivity contribution in [3.63, 3.8) is 0 Å². The molecule has 2 aromatic carbocycles. The zero-order valence-electron chi connectivity index (χ0n) is 31.9. The van der Waals surface area contributed by atoms with E-state index in [1.807, 2.05) is 48.5 Å². The first-order valence-electron chi connectivity index (χ1n) is 20.1. The van der Waals surface area contributed by atoms with Gasteiger partial charge in [0.2, 0.25) is 5.91 Å². The van der Waals surface area contributed by atoms with Gasteiger partial charge in [0, 0.05) is 31.6 Å². The monoisotopic (exact) mass is 745 g/mol. The van der Waals surface area contributed by atoms with Crippen LogP contribution >= 0.6 is 0 Å². The Morgan fingerprint density at radius 1 is 0.811 bits per heavy atom. The zero-order chi connectivity index (χ0) is 38.1. The van der Waals surface area contributed by atoms with Crippen LogP contribution in [0.4, 0.5) is 13.2 Å². The summed E-state index contributed by atoms with van der Waals surface area (Å²) in [5, 5.41) is 12.3. The SMILES string of the molecule is CCCCCCCCN(CCCCCCCC)CC1CC(c2ccc(CO)cc2)OC(c2ccc(CNC(=O)C3CCCN3C(=O)C(F)(F)F)cc2)O1. The van der Waals surface area contributed by atoms with E-state index in [2.05, 4.69) is 24.1 Å². The van der Waals surface area contributed by atoms with E-state index in [0.29, 0.717) is 17.7 Å². The first kappa shape index (κ1) is 42.7. The van der Waals surface area contributed by atoms with Gasteiger partial charge in [-0.2, -0.15) is 13.2 Å². The van der Waals surface area contributed by atoms with Crippen molar-refractivity contribution in [2.45, 2.75) is 154 Å². The third-order valence-electron chi connectivity index (χ3n) is 10.5. The average Bonchev–Trinajstić information content (AvgIpc) is 3.66. The molecule has 2 amide bonds. The molecule has 2 aliphatic rings. The molecule has 0 radical (unpaired) electrons. The van der Waals surface area contributed by atoms with Crippen LogP contribution in [-0.2, 0) is 32.2 Å². The van der Waals surface area contributed by atoms with E-state index in [0.717, 1.165) is 41.9 Å². The van der Waals surface area contributed by atoms with Crippen molar-refractivity contribution in [3.8, 4) is 0 Å². The number of nitrogens with one attached hydrogen (secondary N) is 1. The fourth-order valence-corrected chi connectivity index (χ4v) is 7.39. The van der Waals surface area contributed by atoms with E-state index < -0.39 is 30.3 Å². The summed E-state index contributed by atoms with van der Waals surface area (Å²) in [6.45, 7) is 7.40. The molecule has 0 bridgehead atoms. The van der Waals surface area contributed by atoms with Gasteiger partial charge in [0.15, 0.2) is 6.29 Å². The van der Waals surface area contributed by atoms with Crippen molar-refractivity contribution < 1.29 is 37.3 Å². The van der Waals surface area contributed by atoms with Crippen LogP contribution < -0.4 is 5.32 Å².